The molecule has 1 fully saturated rings. The molecule has 9 heteroatoms. The molecule has 1 aliphatic rings. The van der Waals surface area contributed by atoms with Gasteiger partial charge >= 0.3 is 0 Å². The molecule has 30 heavy (non-hydrogen) atoms. The molecule has 1 atom stereocenters. The van der Waals surface area contributed by atoms with Gasteiger partial charge in [-0.25, -0.2) is 9.97 Å². The molecule has 0 unspecified atom stereocenters. The van der Waals surface area contributed by atoms with E-state index in [0.717, 1.165) is 48.8 Å². The van der Waals surface area contributed by atoms with Gasteiger partial charge in [0.05, 0.1) is 37.9 Å². The van der Waals surface area contributed by atoms with Gasteiger partial charge in [-0.3, -0.25) is 10.00 Å². The zero-order valence-corrected chi connectivity index (χ0v) is 16.9. The molecular weight excluding hydrogens is 382 g/mol. The van der Waals surface area contributed by atoms with Crippen LogP contribution in [0.4, 0.5) is 11.6 Å². The number of rotatable bonds is 6. The molecule has 9 nitrogen and oxygen atoms in total. The van der Waals surface area contributed by atoms with E-state index in [2.05, 4.69) is 43.4 Å². The summed E-state index contributed by atoms with van der Waals surface area (Å²) in [6, 6.07) is 9.92. The van der Waals surface area contributed by atoms with Crippen molar-refractivity contribution in [1.29, 1.82) is 5.26 Å². The zero-order valence-electron chi connectivity index (χ0n) is 16.9. The minimum Gasteiger partial charge on any atom is -0.496 e. The second-order valence-electron chi connectivity index (χ2n) is 6.90. The first-order valence-electron chi connectivity index (χ1n) is 9.77. The number of methoxy groups -OCH3 is 1. The van der Waals surface area contributed by atoms with Crippen LogP contribution in [0.2, 0.25) is 0 Å². The van der Waals surface area contributed by atoms with Crippen LogP contribution in [0.15, 0.2) is 36.7 Å². The predicted molar refractivity (Wildman–Crippen MR) is 111 cm³/mol. The van der Waals surface area contributed by atoms with Gasteiger partial charge in [-0.1, -0.05) is 13.0 Å². The molecule has 3 aromatic rings. The summed E-state index contributed by atoms with van der Waals surface area (Å²) in [6.45, 7) is 5.76. The van der Waals surface area contributed by atoms with Crippen LogP contribution in [0.25, 0.3) is 11.3 Å². The van der Waals surface area contributed by atoms with E-state index in [0.29, 0.717) is 11.6 Å². The van der Waals surface area contributed by atoms with Crippen molar-refractivity contribution in [3.05, 3.63) is 47.9 Å². The first kappa shape index (κ1) is 19.8. The molecule has 0 aliphatic carbocycles. The number of likely N-dealkylation sites (N-methyl/N-ethyl adjacent to an activating group) is 1. The van der Waals surface area contributed by atoms with Gasteiger partial charge in [0.2, 0.25) is 0 Å². The fourth-order valence-electron chi connectivity index (χ4n) is 3.43. The summed E-state index contributed by atoms with van der Waals surface area (Å²) in [7, 11) is 1.66. The highest BCUT2D eigenvalue weighted by Crippen LogP contribution is 2.34. The van der Waals surface area contributed by atoms with E-state index in [1.54, 1.807) is 7.11 Å². The van der Waals surface area contributed by atoms with Crippen molar-refractivity contribution in [2.75, 3.05) is 38.7 Å². The molecule has 4 rings (SSSR count). The third kappa shape index (κ3) is 4.25. The molecule has 1 saturated heterocycles. The van der Waals surface area contributed by atoms with Gasteiger partial charge in [-0.2, -0.15) is 10.4 Å². The van der Waals surface area contributed by atoms with E-state index < -0.39 is 0 Å². The van der Waals surface area contributed by atoms with Crippen LogP contribution >= 0.6 is 0 Å². The number of hydrogen-bond acceptors (Lipinski definition) is 8. The largest absolute Gasteiger partial charge is 0.496 e. The summed E-state index contributed by atoms with van der Waals surface area (Å²) in [5, 5.41) is 19.2. The molecule has 0 amide bonds. The van der Waals surface area contributed by atoms with E-state index >= 15 is 0 Å². The number of anilines is 2. The first-order chi connectivity index (χ1) is 14.7. The van der Waals surface area contributed by atoms with Gasteiger partial charge in [0.15, 0.2) is 11.5 Å². The molecule has 3 heterocycles. The lowest BCUT2D eigenvalue weighted by atomic mass is 10.0. The number of aromatic amines is 1. The third-order valence-electron chi connectivity index (χ3n) is 5.09. The van der Waals surface area contributed by atoms with Crippen LogP contribution in [-0.4, -0.2) is 58.4 Å². The predicted octanol–water partition coefficient (Wildman–Crippen LogP) is 2.88. The Morgan fingerprint density at radius 3 is 2.93 bits per heavy atom. The van der Waals surface area contributed by atoms with Crippen molar-refractivity contribution in [3.8, 4) is 23.1 Å². The zero-order chi connectivity index (χ0) is 20.9. The highest BCUT2D eigenvalue weighted by atomic mass is 16.5. The number of morpholine rings is 1. The number of nitriles is 1. The second kappa shape index (κ2) is 8.90. The lowest BCUT2D eigenvalue weighted by Gasteiger charge is -2.32. The maximum atomic E-state index is 8.81. The Morgan fingerprint density at radius 1 is 1.30 bits per heavy atom. The number of benzene rings is 1. The van der Waals surface area contributed by atoms with Crippen molar-refractivity contribution in [3.63, 3.8) is 0 Å². The Bertz CT molecular complexity index is 1040. The second-order valence-corrected chi connectivity index (χ2v) is 6.90. The number of nitrogens with one attached hydrogen (secondary N) is 2. The summed E-state index contributed by atoms with van der Waals surface area (Å²) >= 11 is 0. The Labute approximate surface area is 174 Å². The quantitative estimate of drug-likeness (QED) is 0.644. The third-order valence-corrected chi connectivity index (χ3v) is 5.09. The molecule has 0 saturated carbocycles. The number of aromatic nitrogens is 4. The lowest BCUT2D eigenvalue weighted by molar-refractivity contribution is -0.0282. The number of ether oxygens (including phenoxy) is 2. The van der Waals surface area contributed by atoms with Gasteiger partial charge in [0.25, 0.3) is 0 Å². The van der Waals surface area contributed by atoms with E-state index in [1.165, 1.54) is 12.4 Å². The van der Waals surface area contributed by atoms with Crippen LogP contribution in [0.1, 0.15) is 24.3 Å². The Hall–Kier alpha value is -3.48. The topological polar surface area (TPSA) is 112 Å². The average molecular weight is 405 g/mol. The molecule has 1 aromatic carbocycles. The minimum atomic E-state index is 0.0376. The van der Waals surface area contributed by atoms with Gasteiger partial charge < -0.3 is 14.8 Å². The fraction of sp³-hybridized carbons (Fsp3) is 0.333. The van der Waals surface area contributed by atoms with Crippen molar-refractivity contribution >= 4 is 11.6 Å². The summed E-state index contributed by atoms with van der Waals surface area (Å²) in [4.78, 5) is 10.5. The molecule has 0 spiro atoms. The average Bonchev–Trinajstić information content (AvgIpc) is 3.27. The summed E-state index contributed by atoms with van der Waals surface area (Å²) in [6.07, 6.45) is 2.94. The van der Waals surface area contributed by atoms with Crippen molar-refractivity contribution < 1.29 is 9.47 Å². The normalized spacial score (nSPS) is 16.8. The van der Waals surface area contributed by atoms with Gasteiger partial charge in [-0.05, 0) is 24.2 Å². The van der Waals surface area contributed by atoms with Crippen molar-refractivity contribution in [2.45, 2.75) is 13.0 Å². The van der Waals surface area contributed by atoms with E-state index in [1.807, 2.05) is 24.3 Å². The van der Waals surface area contributed by atoms with Gasteiger partial charge in [0.1, 0.15) is 17.6 Å². The van der Waals surface area contributed by atoms with Crippen LogP contribution in [0.3, 0.4) is 0 Å². The standard InChI is InChI=1S/C21H23N7O2/c1-3-28-6-7-30-19(13-28)14-4-5-16(18(8-14)29-2)17-9-20(27-26-17)25-21-12-23-15(10-22)11-24-21/h4-5,8-9,11-12,19H,3,6-7,13H2,1-2H3,(H2,24,25,26,27)/t19-/m1/s1. The van der Waals surface area contributed by atoms with Crippen LogP contribution in [0, 0.1) is 11.3 Å². The summed E-state index contributed by atoms with van der Waals surface area (Å²) in [5.74, 6) is 1.84. The summed E-state index contributed by atoms with van der Waals surface area (Å²) in [5.41, 5.74) is 3.06. The van der Waals surface area contributed by atoms with Crippen molar-refractivity contribution in [1.82, 2.24) is 25.1 Å². The Kier molecular flexibility index (Phi) is 5.88. The van der Waals surface area contributed by atoms with Crippen LogP contribution in [0.5, 0.6) is 5.75 Å². The Balaban J connectivity index is 1.53. The SMILES string of the molecule is CCN1CCO[C@@H](c2ccc(-c3cc(Nc4cnc(C#N)cn4)n[nH]3)c(OC)c2)C1. The van der Waals surface area contributed by atoms with Gasteiger partial charge in [0, 0.05) is 24.7 Å². The minimum absolute atomic E-state index is 0.0376. The number of hydrogen-bond donors (Lipinski definition) is 2. The maximum Gasteiger partial charge on any atom is 0.158 e. The molecule has 154 valence electrons. The van der Waals surface area contributed by atoms with E-state index in [4.69, 9.17) is 14.7 Å². The fourth-order valence-corrected chi connectivity index (χ4v) is 3.43. The number of H-pyrrole nitrogens is 1. The highest BCUT2D eigenvalue weighted by Gasteiger charge is 2.22. The first-order valence-corrected chi connectivity index (χ1v) is 9.77. The lowest BCUT2D eigenvalue weighted by Crippen LogP contribution is -2.38. The molecule has 1 aliphatic heterocycles. The van der Waals surface area contributed by atoms with E-state index in [9.17, 15) is 0 Å². The maximum absolute atomic E-state index is 8.81. The van der Waals surface area contributed by atoms with Crippen LogP contribution < -0.4 is 10.1 Å². The van der Waals surface area contributed by atoms with Crippen molar-refractivity contribution in [2.24, 2.45) is 0 Å². The molecule has 0 bridgehead atoms. The molecular formula is C21H23N7O2. The van der Waals surface area contributed by atoms with Crippen LogP contribution in [-0.2, 0) is 4.74 Å². The van der Waals surface area contributed by atoms with E-state index in [-0.39, 0.29) is 11.8 Å². The highest BCUT2D eigenvalue weighted by molar-refractivity contribution is 5.71. The van der Waals surface area contributed by atoms with Gasteiger partial charge in [-0.15, -0.1) is 0 Å². The smallest absolute Gasteiger partial charge is 0.158 e. The monoisotopic (exact) mass is 405 g/mol. The molecule has 2 aromatic heterocycles. The molecule has 0 radical (unpaired) electrons. The summed E-state index contributed by atoms with van der Waals surface area (Å²) < 4.78 is 11.6. The Morgan fingerprint density at radius 2 is 2.20 bits per heavy atom. The molecule has 2 N–H and O–H groups in total. The number of nitrogens with zero attached hydrogens (tertiary/aromatic N) is 5.